The molecule has 6 nitrogen and oxygen atoms in total. The van der Waals surface area contributed by atoms with Gasteiger partial charge in [-0.1, -0.05) is 29.8 Å². The Hall–Kier alpha value is -2.16. The van der Waals surface area contributed by atoms with Crippen LogP contribution in [0.4, 0.5) is 10.1 Å². The Morgan fingerprint density at radius 2 is 1.93 bits per heavy atom. The maximum absolute atomic E-state index is 13.5. The normalized spacial score (nSPS) is 11.2. The number of rotatable bonds is 10. The SMILES string of the molecule is CCOCCCNC(=O)CN(c1ccc(F)c(Cl)c1)S(=O)(=O)c1ccccc1. The van der Waals surface area contributed by atoms with Gasteiger partial charge in [-0.15, -0.1) is 0 Å². The van der Waals surface area contributed by atoms with E-state index in [1.54, 1.807) is 18.2 Å². The van der Waals surface area contributed by atoms with Crippen LogP contribution in [0.15, 0.2) is 53.4 Å². The zero-order valence-electron chi connectivity index (χ0n) is 15.4. The van der Waals surface area contributed by atoms with Gasteiger partial charge >= 0.3 is 0 Å². The van der Waals surface area contributed by atoms with Crippen LogP contribution in [0.1, 0.15) is 13.3 Å². The first-order valence-corrected chi connectivity index (χ1v) is 10.6. The van der Waals surface area contributed by atoms with E-state index in [-0.39, 0.29) is 15.6 Å². The molecule has 0 heterocycles. The van der Waals surface area contributed by atoms with Crippen LogP contribution in [0.2, 0.25) is 5.02 Å². The molecule has 0 saturated carbocycles. The fourth-order valence-electron chi connectivity index (χ4n) is 2.41. The minimum Gasteiger partial charge on any atom is -0.382 e. The standard InChI is InChI=1S/C19H22ClFN2O4S/c1-2-27-12-6-11-22-19(24)14-23(15-9-10-18(21)17(20)13-15)28(25,26)16-7-4-3-5-8-16/h3-5,7-10,13H,2,6,11-12,14H2,1H3,(H,22,24). The van der Waals surface area contributed by atoms with E-state index in [0.29, 0.717) is 26.2 Å². The predicted molar refractivity (Wildman–Crippen MR) is 107 cm³/mol. The Bertz CT molecular complexity index is 894. The summed E-state index contributed by atoms with van der Waals surface area (Å²) in [5, 5.41) is 2.43. The minimum absolute atomic E-state index is 0.0135. The molecule has 0 fully saturated rings. The molecule has 0 aliphatic carbocycles. The van der Waals surface area contributed by atoms with Crippen LogP contribution in [0.5, 0.6) is 0 Å². The highest BCUT2D eigenvalue weighted by Gasteiger charge is 2.27. The first kappa shape index (κ1) is 22.1. The van der Waals surface area contributed by atoms with Gasteiger partial charge in [-0.25, -0.2) is 12.8 Å². The lowest BCUT2D eigenvalue weighted by atomic mass is 10.3. The summed E-state index contributed by atoms with van der Waals surface area (Å²) >= 11 is 5.81. The molecular weight excluding hydrogens is 407 g/mol. The smallest absolute Gasteiger partial charge is 0.264 e. The summed E-state index contributed by atoms with van der Waals surface area (Å²) in [5.41, 5.74) is 0.0970. The number of halogens is 2. The van der Waals surface area contributed by atoms with Gasteiger partial charge in [0.25, 0.3) is 10.0 Å². The molecule has 1 amide bonds. The number of nitrogens with one attached hydrogen (secondary N) is 1. The number of nitrogens with zero attached hydrogens (tertiary/aromatic N) is 1. The molecule has 2 aromatic carbocycles. The second kappa shape index (κ2) is 10.4. The van der Waals surface area contributed by atoms with Crippen molar-refractivity contribution in [3.8, 4) is 0 Å². The van der Waals surface area contributed by atoms with Gasteiger partial charge in [-0.2, -0.15) is 0 Å². The van der Waals surface area contributed by atoms with Crippen molar-refractivity contribution in [3.05, 3.63) is 59.4 Å². The highest BCUT2D eigenvalue weighted by Crippen LogP contribution is 2.27. The van der Waals surface area contributed by atoms with Crippen molar-refractivity contribution in [1.82, 2.24) is 5.32 Å². The number of anilines is 1. The molecule has 0 aliphatic heterocycles. The van der Waals surface area contributed by atoms with Crippen LogP contribution < -0.4 is 9.62 Å². The van der Waals surface area contributed by atoms with Gasteiger partial charge in [0.1, 0.15) is 12.4 Å². The predicted octanol–water partition coefficient (Wildman–Crippen LogP) is 3.22. The molecule has 0 spiro atoms. The van der Waals surface area contributed by atoms with Gasteiger partial charge in [-0.3, -0.25) is 9.10 Å². The molecular formula is C19H22ClFN2O4S. The van der Waals surface area contributed by atoms with E-state index in [9.17, 15) is 17.6 Å². The molecule has 0 aliphatic rings. The molecule has 0 atom stereocenters. The molecule has 0 aromatic heterocycles. The summed E-state index contributed by atoms with van der Waals surface area (Å²) in [6.07, 6.45) is 0.605. The Kier molecular flexibility index (Phi) is 8.22. The van der Waals surface area contributed by atoms with Crippen molar-refractivity contribution >= 4 is 33.2 Å². The van der Waals surface area contributed by atoms with E-state index in [2.05, 4.69) is 5.32 Å². The second-order valence-electron chi connectivity index (χ2n) is 5.82. The lowest BCUT2D eigenvalue weighted by molar-refractivity contribution is -0.119. The van der Waals surface area contributed by atoms with Gasteiger partial charge in [0.2, 0.25) is 5.91 Å². The zero-order chi connectivity index (χ0) is 20.6. The van der Waals surface area contributed by atoms with Crippen LogP contribution >= 0.6 is 11.6 Å². The molecule has 152 valence electrons. The number of benzene rings is 2. The van der Waals surface area contributed by atoms with Crippen molar-refractivity contribution in [2.24, 2.45) is 0 Å². The third kappa shape index (κ3) is 5.92. The molecule has 2 rings (SSSR count). The molecule has 0 unspecified atom stereocenters. The molecule has 0 saturated heterocycles. The number of hydrogen-bond acceptors (Lipinski definition) is 4. The lowest BCUT2D eigenvalue weighted by Crippen LogP contribution is -2.41. The quantitative estimate of drug-likeness (QED) is 0.589. The summed E-state index contributed by atoms with van der Waals surface area (Å²) in [7, 11) is -4.05. The van der Waals surface area contributed by atoms with Crippen molar-refractivity contribution in [1.29, 1.82) is 0 Å². The summed E-state index contributed by atoms with van der Waals surface area (Å²) in [4.78, 5) is 12.3. The number of sulfonamides is 1. The summed E-state index contributed by atoms with van der Waals surface area (Å²) in [5.74, 6) is -1.17. The average molecular weight is 429 g/mol. The Balaban J connectivity index is 2.24. The van der Waals surface area contributed by atoms with Gasteiger partial charge in [0, 0.05) is 19.8 Å². The third-order valence-electron chi connectivity index (χ3n) is 3.80. The van der Waals surface area contributed by atoms with Crippen molar-refractivity contribution in [2.45, 2.75) is 18.2 Å². The van der Waals surface area contributed by atoms with E-state index in [0.717, 1.165) is 10.4 Å². The summed E-state index contributed by atoms with van der Waals surface area (Å²) in [6, 6.07) is 11.2. The summed E-state index contributed by atoms with van der Waals surface area (Å²) < 4.78 is 45.8. The average Bonchev–Trinajstić information content (AvgIpc) is 2.69. The van der Waals surface area contributed by atoms with Crippen molar-refractivity contribution < 1.29 is 22.3 Å². The number of hydrogen-bond donors (Lipinski definition) is 1. The Morgan fingerprint density at radius 3 is 2.57 bits per heavy atom. The lowest BCUT2D eigenvalue weighted by Gasteiger charge is -2.24. The molecule has 0 bridgehead atoms. The molecule has 1 N–H and O–H groups in total. The molecule has 2 aromatic rings. The van der Waals surface area contributed by atoms with Gasteiger partial charge in [0.15, 0.2) is 0 Å². The van der Waals surface area contributed by atoms with Crippen molar-refractivity contribution in [3.63, 3.8) is 0 Å². The van der Waals surface area contributed by atoms with Gasteiger partial charge in [0.05, 0.1) is 15.6 Å². The van der Waals surface area contributed by atoms with E-state index in [1.165, 1.54) is 24.3 Å². The topological polar surface area (TPSA) is 75.7 Å². The highest BCUT2D eigenvalue weighted by atomic mass is 35.5. The fourth-order valence-corrected chi connectivity index (χ4v) is 4.02. The van der Waals surface area contributed by atoms with E-state index in [1.807, 2.05) is 6.92 Å². The van der Waals surface area contributed by atoms with Crippen LogP contribution in [0, 0.1) is 5.82 Å². The third-order valence-corrected chi connectivity index (χ3v) is 5.88. The van der Waals surface area contributed by atoms with E-state index < -0.39 is 28.3 Å². The Labute approximate surface area is 169 Å². The van der Waals surface area contributed by atoms with Crippen LogP contribution in [0.25, 0.3) is 0 Å². The van der Waals surface area contributed by atoms with Gasteiger partial charge in [-0.05, 0) is 43.7 Å². The van der Waals surface area contributed by atoms with Crippen LogP contribution in [0.3, 0.4) is 0 Å². The van der Waals surface area contributed by atoms with E-state index >= 15 is 0 Å². The van der Waals surface area contributed by atoms with Crippen LogP contribution in [-0.2, 0) is 19.6 Å². The second-order valence-corrected chi connectivity index (χ2v) is 8.09. The summed E-state index contributed by atoms with van der Waals surface area (Å²) in [6.45, 7) is 2.84. The number of carbonyl (C=O) groups excluding carboxylic acids is 1. The van der Waals surface area contributed by atoms with Crippen molar-refractivity contribution in [2.75, 3.05) is 30.6 Å². The fraction of sp³-hybridized carbons (Fsp3) is 0.316. The Morgan fingerprint density at radius 1 is 1.21 bits per heavy atom. The zero-order valence-corrected chi connectivity index (χ0v) is 17.0. The highest BCUT2D eigenvalue weighted by molar-refractivity contribution is 7.92. The number of ether oxygens (including phenoxy) is 1. The monoisotopic (exact) mass is 428 g/mol. The largest absolute Gasteiger partial charge is 0.382 e. The molecule has 28 heavy (non-hydrogen) atoms. The van der Waals surface area contributed by atoms with Gasteiger partial charge < -0.3 is 10.1 Å². The first-order valence-electron chi connectivity index (χ1n) is 8.73. The maximum atomic E-state index is 13.5. The minimum atomic E-state index is -4.05. The first-order chi connectivity index (χ1) is 13.4. The number of amides is 1. The van der Waals surface area contributed by atoms with Crippen LogP contribution in [-0.4, -0.2) is 40.6 Å². The molecule has 0 radical (unpaired) electrons. The maximum Gasteiger partial charge on any atom is 0.264 e. The van der Waals surface area contributed by atoms with E-state index in [4.69, 9.17) is 16.3 Å². The number of carbonyl (C=O) groups is 1. The molecule has 9 heteroatoms.